The number of nitrogens with one attached hydrogen (secondary N) is 1. The van der Waals surface area contributed by atoms with Gasteiger partial charge in [-0.3, -0.25) is 10.1 Å². The highest BCUT2D eigenvalue weighted by Crippen LogP contribution is 2.26. The van der Waals surface area contributed by atoms with Gasteiger partial charge in [-0.2, -0.15) is 0 Å². The Hall–Kier alpha value is -2.98. The van der Waals surface area contributed by atoms with Crippen molar-refractivity contribution in [3.05, 3.63) is 57.5 Å². The second kappa shape index (κ2) is 7.93. The molecule has 0 radical (unpaired) electrons. The van der Waals surface area contributed by atoms with E-state index >= 15 is 0 Å². The molecule has 26 heavy (non-hydrogen) atoms. The second-order valence-corrected chi connectivity index (χ2v) is 6.03. The monoisotopic (exact) mass is 355 g/mol. The molecule has 1 aliphatic heterocycles. The summed E-state index contributed by atoms with van der Waals surface area (Å²) in [6.45, 7) is 2.92. The Morgan fingerprint density at radius 2 is 2.00 bits per heavy atom. The van der Waals surface area contributed by atoms with Gasteiger partial charge in [0.2, 0.25) is 0 Å². The van der Waals surface area contributed by atoms with Crippen molar-refractivity contribution in [1.29, 1.82) is 0 Å². The molecule has 1 aromatic carbocycles. The molecule has 0 unspecified atom stereocenters. The third kappa shape index (κ3) is 4.35. The molecule has 1 fully saturated rings. The van der Waals surface area contributed by atoms with E-state index in [1.807, 2.05) is 0 Å². The summed E-state index contributed by atoms with van der Waals surface area (Å²) < 4.78 is 18.4. The number of aryl methyl sites for hydroxylation is 1. The molecule has 134 valence electrons. The van der Waals surface area contributed by atoms with Crippen molar-refractivity contribution in [3.8, 4) is 11.8 Å². The van der Waals surface area contributed by atoms with E-state index in [1.54, 1.807) is 19.1 Å². The molecular weight excluding hydrogens is 337 g/mol. The van der Waals surface area contributed by atoms with Crippen molar-refractivity contribution in [3.63, 3.8) is 0 Å². The number of aromatic nitrogens is 1. The molecule has 3 rings (SSSR count). The molecule has 0 atom stereocenters. The first-order chi connectivity index (χ1) is 12.5. The fourth-order valence-corrected chi connectivity index (χ4v) is 2.66. The summed E-state index contributed by atoms with van der Waals surface area (Å²) in [6.07, 6.45) is 1.68. The van der Waals surface area contributed by atoms with Gasteiger partial charge in [0, 0.05) is 30.9 Å². The van der Waals surface area contributed by atoms with Crippen molar-refractivity contribution in [2.24, 2.45) is 5.92 Å². The summed E-state index contributed by atoms with van der Waals surface area (Å²) in [5.74, 6) is 6.46. The van der Waals surface area contributed by atoms with E-state index in [1.165, 1.54) is 18.2 Å². The highest BCUT2D eigenvalue weighted by atomic mass is 19.1. The minimum atomic E-state index is -0.469. The number of hydrogen-bond donors (Lipinski definition) is 1. The average molecular weight is 355 g/mol. The summed E-state index contributed by atoms with van der Waals surface area (Å²) in [5, 5.41) is 14.3. The van der Waals surface area contributed by atoms with Crippen molar-refractivity contribution >= 4 is 17.2 Å². The van der Waals surface area contributed by atoms with Crippen molar-refractivity contribution < 1.29 is 14.1 Å². The molecule has 0 saturated carbocycles. The van der Waals surface area contributed by atoms with E-state index in [4.69, 9.17) is 4.74 Å². The summed E-state index contributed by atoms with van der Waals surface area (Å²) in [5.41, 5.74) is 1.28. The van der Waals surface area contributed by atoms with Gasteiger partial charge in [-0.05, 0) is 44.0 Å². The number of ether oxygens (including phenoxy) is 1. The smallest absolute Gasteiger partial charge is 0.291 e. The second-order valence-electron chi connectivity index (χ2n) is 6.03. The van der Waals surface area contributed by atoms with Crippen LogP contribution in [0.4, 0.5) is 21.6 Å². The zero-order chi connectivity index (χ0) is 18.5. The third-order valence-electron chi connectivity index (χ3n) is 4.12. The van der Waals surface area contributed by atoms with Crippen LogP contribution >= 0.6 is 0 Å². The molecule has 7 heteroatoms. The number of pyridine rings is 1. The molecular formula is C19H18FN3O3. The first kappa shape index (κ1) is 17.8. The topological polar surface area (TPSA) is 77.3 Å². The molecule has 1 aromatic heterocycles. The standard InChI is InChI=1S/C19H18FN3O3/c1-13-18(23(24)25)12-15(3-2-14-8-10-26-11-9-14)19(21-13)22-17-6-4-16(20)5-7-17/h4-7,12,14H,8-11H2,1H3,(H,21,22). The van der Waals surface area contributed by atoms with Gasteiger partial charge in [-0.1, -0.05) is 11.8 Å². The maximum atomic E-state index is 13.1. The van der Waals surface area contributed by atoms with E-state index in [2.05, 4.69) is 22.1 Å². The minimum Gasteiger partial charge on any atom is -0.381 e. The first-order valence-electron chi connectivity index (χ1n) is 8.31. The van der Waals surface area contributed by atoms with Crippen LogP contribution in [0.3, 0.4) is 0 Å². The number of benzene rings is 1. The van der Waals surface area contributed by atoms with E-state index in [9.17, 15) is 14.5 Å². The van der Waals surface area contributed by atoms with Crippen LogP contribution in [0.1, 0.15) is 24.1 Å². The summed E-state index contributed by atoms with van der Waals surface area (Å²) in [6, 6.07) is 7.23. The maximum absolute atomic E-state index is 13.1. The molecule has 0 amide bonds. The first-order valence-corrected chi connectivity index (χ1v) is 8.31. The molecule has 6 nitrogen and oxygen atoms in total. The molecule has 2 aromatic rings. The lowest BCUT2D eigenvalue weighted by Crippen LogP contribution is -2.14. The van der Waals surface area contributed by atoms with Crippen LogP contribution in [-0.2, 0) is 4.74 Å². The number of halogens is 1. The lowest BCUT2D eigenvalue weighted by molar-refractivity contribution is -0.385. The van der Waals surface area contributed by atoms with Gasteiger partial charge in [0.25, 0.3) is 5.69 Å². The Balaban J connectivity index is 1.95. The number of rotatable bonds is 3. The Labute approximate surface area is 150 Å². The van der Waals surface area contributed by atoms with Gasteiger partial charge in [0.1, 0.15) is 17.3 Å². The molecule has 1 N–H and O–H groups in total. The summed E-state index contributed by atoms with van der Waals surface area (Å²) >= 11 is 0. The van der Waals surface area contributed by atoms with Gasteiger partial charge in [-0.15, -0.1) is 0 Å². The highest BCUT2D eigenvalue weighted by Gasteiger charge is 2.17. The van der Waals surface area contributed by atoms with Gasteiger partial charge in [-0.25, -0.2) is 9.37 Å². The fraction of sp³-hybridized carbons (Fsp3) is 0.316. The Bertz CT molecular complexity index is 866. The Morgan fingerprint density at radius 1 is 1.31 bits per heavy atom. The zero-order valence-corrected chi connectivity index (χ0v) is 14.3. The molecule has 1 aliphatic rings. The molecule has 0 bridgehead atoms. The van der Waals surface area contributed by atoms with Crippen LogP contribution < -0.4 is 5.32 Å². The van der Waals surface area contributed by atoms with Gasteiger partial charge in [0.05, 0.1) is 10.5 Å². The molecule has 2 heterocycles. The third-order valence-corrected chi connectivity index (χ3v) is 4.12. The zero-order valence-electron chi connectivity index (χ0n) is 14.3. The van der Waals surface area contributed by atoms with Crippen LogP contribution in [0.2, 0.25) is 0 Å². The van der Waals surface area contributed by atoms with Crippen molar-refractivity contribution in [2.75, 3.05) is 18.5 Å². The molecule has 1 saturated heterocycles. The van der Waals surface area contributed by atoms with Crippen molar-refractivity contribution in [2.45, 2.75) is 19.8 Å². The number of nitro groups is 1. The Kier molecular flexibility index (Phi) is 5.44. The lowest BCUT2D eigenvalue weighted by atomic mass is 10.0. The van der Waals surface area contributed by atoms with Gasteiger partial charge in [0.15, 0.2) is 0 Å². The summed E-state index contributed by atoms with van der Waals surface area (Å²) in [7, 11) is 0. The number of anilines is 2. The predicted molar refractivity (Wildman–Crippen MR) is 95.7 cm³/mol. The van der Waals surface area contributed by atoms with Crippen LogP contribution in [0, 0.1) is 40.6 Å². The number of nitrogens with zero attached hydrogens (tertiary/aromatic N) is 2. The largest absolute Gasteiger partial charge is 0.381 e. The van der Waals surface area contributed by atoms with E-state index in [-0.39, 0.29) is 23.1 Å². The van der Waals surface area contributed by atoms with Crippen molar-refractivity contribution in [1.82, 2.24) is 4.98 Å². The van der Waals surface area contributed by atoms with Crippen LogP contribution in [0.25, 0.3) is 0 Å². The number of hydrogen-bond acceptors (Lipinski definition) is 5. The average Bonchev–Trinajstić information content (AvgIpc) is 2.63. The molecule has 0 aliphatic carbocycles. The van der Waals surface area contributed by atoms with Crippen LogP contribution in [0.5, 0.6) is 0 Å². The Morgan fingerprint density at radius 3 is 2.65 bits per heavy atom. The quantitative estimate of drug-likeness (QED) is 0.512. The highest BCUT2D eigenvalue weighted by molar-refractivity contribution is 5.66. The van der Waals surface area contributed by atoms with E-state index in [0.29, 0.717) is 30.3 Å². The maximum Gasteiger partial charge on any atom is 0.291 e. The lowest BCUT2D eigenvalue weighted by Gasteiger charge is -2.16. The van der Waals surface area contributed by atoms with Crippen LogP contribution in [-0.4, -0.2) is 23.1 Å². The van der Waals surface area contributed by atoms with Crippen LogP contribution in [0.15, 0.2) is 30.3 Å². The summed E-state index contributed by atoms with van der Waals surface area (Å²) in [4.78, 5) is 15.1. The molecule has 0 spiro atoms. The predicted octanol–water partition coefficient (Wildman–Crippen LogP) is 3.96. The minimum absolute atomic E-state index is 0.0778. The van der Waals surface area contributed by atoms with E-state index in [0.717, 1.165) is 12.8 Å². The normalized spacial score (nSPS) is 14.4. The van der Waals surface area contributed by atoms with Gasteiger partial charge >= 0.3 is 0 Å². The van der Waals surface area contributed by atoms with E-state index < -0.39 is 4.92 Å². The van der Waals surface area contributed by atoms with Gasteiger partial charge < -0.3 is 10.1 Å². The SMILES string of the molecule is Cc1nc(Nc2ccc(F)cc2)c(C#CC2CCOCC2)cc1[N+](=O)[O-]. The fourth-order valence-electron chi connectivity index (χ4n) is 2.66.